The van der Waals surface area contributed by atoms with Crippen LogP contribution in [-0.2, 0) is 13.5 Å². The number of hydrogen-bond donors (Lipinski definition) is 0. The van der Waals surface area contributed by atoms with Gasteiger partial charge in [0.2, 0.25) is 0 Å². The minimum absolute atomic E-state index is 0.137. The van der Waals surface area contributed by atoms with Crippen molar-refractivity contribution in [2.24, 2.45) is 7.05 Å². The first-order chi connectivity index (χ1) is 8.08. The summed E-state index contributed by atoms with van der Waals surface area (Å²) in [6.07, 6.45) is 0.400. The van der Waals surface area contributed by atoms with Gasteiger partial charge in [0.05, 0.1) is 12.1 Å². The molecule has 0 fully saturated rings. The Hall–Kier alpha value is -1.17. The fourth-order valence-corrected chi connectivity index (χ4v) is 2.46. The first-order valence-electron chi connectivity index (χ1n) is 5.35. The number of halogens is 1. The largest absolute Gasteiger partial charge is 0.294 e. The first-order valence-corrected chi connectivity index (χ1v) is 6.43. The highest BCUT2D eigenvalue weighted by Gasteiger charge is 2.12. The summed E-state index contributed by atoms with van der Waals surface area (Å²) < 4.78 is 2.76. The normalized spacial score (nSPS) is 10.5. The van der Waals surface area contributed by atoms with E-state index in [1.807, 2.05) is 44.3 Å². The van der Waals surface area contributed by atoms with E-state index in [0.717, 1.165) is 20.5 Å². The van der Waals surface area contributed by atoms with Gasteiger partial charge in [-0.05, 0) is 41.6 Å². The molecule has 1 heterocycles. The van der Waals surface area contributed by atoms with E-state index in [0.29, 0.717) is 6.42 Å². The summed E-state index contributed by atoms with van der Waals surface area (Å²) in [5.74, 6) is 0.137. The molecule has 0 aliphatic rings. The summed E-state index contributed by atoms with van der Waals surface area (Å²) in [6, 6.07) is 9.60. The molecule has 0 N–H and O–H groups in total. The maximum atomic E-state index is 12.2. The number of benzene rings is 1. The fourth-order valence-electron chi connectivity index (χ4n) is 1.78. The van der Waals surface area contributed by atoms with E-state index in [9.17, 15) is 4.79 Å². The lowest BCUT2D eigenvalue weighted by molar-refractivity contribution is 0.0990. The monoisotopic (exact) mass is 340 g/mol. The van der Waals surface area contributed by atoms with Gasteiger partial charge in [-0.15, -0.1) is 0 Å². The standard InChI is InChI=1S/C13H13IN2O/c1-9-7-10(16(2)15-9)8-13(17)11-5-3-4-6-12(11)14/h3-7H,8H2,1-2H3. The number of aryl methyl sites for hydroxylation is 2. The summed E-state index contributed by atoms with van der Waals surface area (Å²) in [4.78, 5) is 12.2. The summed E-state index contributed by atoms with van der Waals surface area (Å²) in [6.45, 7) is 1.93. The molecule has 2 aromatic rings. The Morgan fingerprint density at radius 1 is 1.41 bits per heavy atom. The Balaban J connectivity index is 2.23. The smallest absolute Gasteiger partial charge is 0.169 e. The molecule has 0 aliphatic heterocycles. The molecule has 0 aliphatic carbocycles. The van der Waals surface area contributed by atoms with E-state index in [1.165, 1.54) is 0 Å². The number of carbonyl (C=O) groups is 1. The predicted molar refractivity (Wildman–Crippen MR) is 75.1 cm³/mol. The molecule has 4 heteroatoms. The van der Waals surface area contributed by atoms with Crippen LogP contribution in [0.5, 0.6) is 0 Å². The second-order valence-electron chi connectivity index (χ2n) is 3.98. The Bertz CT molecular complexity index is 560. The molecule has 2 rings (SSSR count). The third kappa shape index (κ3) is 2.74. The van der Waals surface area contributed by atoms with Gasteiger partial charge >= 0.3 is 0 Å². The van der Waals surface area contributed by atoms with Crippen molar-refractivity contribution in [2.75, 3.05) is 0 Å². The topological polar surface area (TPSA) is 34.9 Å². The molecule has 0 atom stereocenters. The van der Waals surface area contributed by atoms with Crippen LogP contribution >= 0.6 is 22.6 Å². The van der Waals surface area contributed by atoms with Crippen molar-refractivity contribution in [3.05, 3.63) is 50.9 Å². The highest BCUT2D eigenvalue weighted by atomic mass is 127. The molecule has 0 amide bonds. The molecule has 88 valence electrons. The molecule has 17 heavy (non-hydrogen) atoms. The maximum absolute atomic E-state index is 12.2. The van der Waals surface area contributed by atoms with Crippen molar-refractivity contribution in [1.29, 1.82) is 0 Å². The van der Waals surface area contributed by atoms with E-state index < -0.39 is 0 Å². The van der Waals surface area contributed by atoms with Crippen LogP contribution in [0.15, 0.2) is 30.3 Å². The van der Waals surface area contributed by atoms with Crippen LogP contribution in [0.4, 0.5) is 0 Å². The zero-order valence-electron chi connectivity index (χ0n) is 9.77. The van der Waals surface area contributed by atoms with E-state index in [-0.39, 0.29) is 5.78 Å². The van der Waals surface area contributed by atoms with Crippen LogP contribution in [0, 0.1) is 10.5 Å². The third-order valence-electron chi connectivity index (χ3n) is 2.61. The highest BCUT2D eigenvalue weighted by Crippen LogP contribution is 2.14. The van der Waals surface area contributed by atoms with Crippen LogP contribution in [0.2, 0.25) is 0 Å². The Morgan fingerprint density at radius 2 is 2.12 bits per heavy atom. The van der Waals surface area contributed by atoms with Crippen LogP contribution in [0.25, 0.3) is 0 Å². The predicted octanol–water partition coefficient (Wildman–Crippen LogP) is 2.76. The van der Waals surface area contributed by atoms with Gasteiger partial charge in [-0.1, -0.05) is 18.2 Å². The van der Waals surface area contributed by atoms with Gasteiger partial charge in [-0.2, -0.15) is 5.10 Å². The van der Waals surface area contributed by atoms with E-state index in [1.54, 1.807) is 4.68 Å². The minimum atomic E-state index is 0.137. The van der Waals surface area contributed by atoms with Gasteiger partial charge in [0, 0.05) is 21.9 Å². The van der Waals surface area contributed by atoms with Crippen molar-refractivity contribution in [3.63, 3.8) is 0 Å². The lowest BCUT2D eigenvalue weighted by Crippen LogP contribution is -2.09. The van der Waals surface area contributed by atoms with E-state index in [4.69, 9.17) is 0 Å². The minimum Gasteiger partial charge on any atom is -0.294 e. The molecule has 0 radical (unpaired) electrons. The number of aromatic nitrogens is 2. The third-order valence-corrected chi connectivity index (χ3v) is 3.56. The molecule has 1 aromatic carbocycles. The second kappa shape index (κ2) is 5.00. The van der Waals surface area contributed by atoms with Crippen molar-refractivity contribution in [1.82, 2.24) is 9.78 Å². The highest BCUT2D eigenvalue weighted by molar-refractivity contribution is 14.1. The van der Waals surface area contributed by atoms with E-state index in [2.05, 4.69) is 27.7 Å². The van der Waals surface area contributed by atoms with Crippen molar-refractivity contribution in [2.45, 2.75) is 13.3 Å². The summed E-state index contributed by atoms with van der Waals surface area (Å²) >= 11 is 2.19. The SMILES string of the molecule is Cc1cc(CC(=O)c2ccccc2I)n(C)n1. The lowest BCUT2D eigenvalue weighted by Gasteiger charge is -2.03. The van der Waals surface area contributed by atoms with Crippen molar-refractivity contribution < 1.29 is 4.79 Å². The molecule has 3 nitrogen and oxygen atoms in total. The molecule has 0 spiro atoms. The average Bonchev–Trinajstić information content (AvgIpc) is 2.58. The summed E-state index contributed by atoms with van der Waals surface area (Å²) in [5, 5.41) is 4.24. The number of hydrogen-bond acceptors (Lipinski definition) is 2. The average molecular weight is 340 g/mol. The molecule has 0 saturated heterocycles. The molecular formula is C13H13IN2O. The number of ketones is 1. The van der Waals surface area contributed by atoms with Gasteiger partial charge < -0.3 is 0 Å². The molecular weight excluding hydrogens is 327 g/mol. The van der Waals surface area contributed by atoms with Crippen LogP contribution in [-0.4, -0.2) is 15.6 Å². The number of Topliss-reactive ketones (excluding diaryl/α,β-unsaturated/α-hetero) is 1. The summed E-state index contributed by atoms with van der Waals surface area (Å²) in [7, 11) is 1.87. The van der Waals surface area contributed by atoms with Crippen molar-refractivity contribution in [3.8, 4) is 0 Å². The van der Waals surface area contributed by atoms with Gasteiger partial charge in [-0.25, -0.2) is 0 Å². The Kier molecular flexibility index (Phi) is 3.61. The Morgan fingerprint density at radius 3 is 2.71 bits per heavy atom. The zero-order valence-corrected chi connectivity index (χ0v) is 11.9. The number of carbonyl (C=O) groups excluding carboxylic acids is 1. The molecule has 0 saturated carbocycles. The van der Waals surface area contributed by atoms with Gasteiger partial charge in [-0.3, -0.25) is 9.48 Å². The Labute approximate surface area is 114 Å². The van der Waals surface area contributed by atoms with Gasteiger partial charge in [0.15, 0.2) is 5.78 Å². The summed E-state index contributed by atoms with van der Waals surface area (Å²) in [5.41, 5.74) is 2.68. The molecule has 0 bridgehead atoms. The van der Waals surface area contributed by atoms with Gasteiger partial charge in [0.1, 0.15) is 0 Å². The van der Waals surface area contributed by atoms with Crippen molar-refractivity contribution >= 4 is 28.4 Å². The number of nitrogens with zero attached hydrogens (tertiary/aromatic N) is 2. The van der Waals surface area contributed by atoms with Crippen LogP contribution in [0.3, 0.4) is 0 Å². The fraction of sp³-hybridized carbons (Fsp3) is 0.231. The maximum Gasteiger partial charge on any atom is 0.169 e. The quantitative estimate of drug-likeness (QED) is 0.636. The lowest BCUT2D eigenvalue weighted by atomic mass is 10.1. The van der Waals surface area contributed by atoms with Gasteiger partial charge in [0.25, 0.3) is 0 Å². The van der Waals surface area contributed by atoms with E-state index >= 15 is 0 Å². The van der Waals surface area contributed by atoms with Crippen LogP contribution < -0.4 is 0 Å². The van der Waals surface area contributed by atoms with Crippen LogP contribution in [0.1, 0.15) is 21.7 Å². The molecule has 0 unspecified atom stereocenters. The second-order valence-corrected chi connectivity index (χ2v) is 5.14. The first kappa shape index (κ1) is 12.3. The zero-order chi connectivity index (χ0) is 12.4. The number of rotatable bonds is 3. The molecule has 1 aromatic heterocycles.